The number of nitrogens with zero attached hydrogens (tertiary/aromatic N) is 1. The molecule has 0 saturated carbocycles. The molecule has 22 heavy (non-hydrogen) atoms. The molecule has 0 radical (unpaired) electrons. The molecule has 0 atom stereocenters. The third kappa shape index (κ3) is 3.89. The van der Waals surface area contributed by atoms with E-state index in [1.54, 1.807) is 30.5 Å². The molecule has 1 amide bonds. The first-order chi connectivity index (χ1) is 10.7. The lowest BCUT2D eigenvalue weighted by atomic mass is 10.2. The van der Waals surface area contributed by atoms with E-state index in [2.05, 4.69) is 10.3 Å². The molecule has 6 heteroatoms. The van der Waals surface area contributed by atoms with Crippen molar-refractivity contribution in [1.29, 1.82) is 0 Å². The highest BCUT2D eigenvalue weighted by atomic mass is 35.5. The predicted molar refractivity (Wildman–Crippen MR) is 84.6 cm³/mol. The molecule has 0 aliphatic heterocycles. The molecule has 2 rings (SSSR count). The Morgan fingerprint density at radius 1 is 1.36 bits per heavy atom. The molecular weight excluding hydrogens is 304 g/mol. The second-order valence-corrected chi connectivity index (χ2v) is 4.86. The van der Waals surface area contributed by atoms with Crippen molar-refractivity contribution in [2.75, 3.05) is 13.7 Å². The Morgan fingerprint density at radius 3 is 2.91 bits per heavy atom. The van der Waals surface area contributed by atoms with E-state index in [0.717, 1.165) is 5.56 Å². The Kier molecular flexibility index (Phi) is 5.61. The Labute approximate surface area is 134 Å². The number of amides is 1. The number of halogens is 1. The van der Waals surface area contributed by atoms with E-state index >= 15 is 0 Å². The van der Waals surface area contributed by atoms with Crippen molar-refractivity contribution in [2.45, 2.75) is 13.5 Å². The molecule has 0 bridgehead atoms. The lowest BCUT2D eigenvalue weighted by Crippen LogP contribution is -2.23. The third-order valence-corrected chi connectivity index (χ3v) is 3.21. The molecule has 0 fully saturated rings. The van der Waals surface area contributed by atoms with Gasteiger partial charge in [0.05, 0.1) is 19.3 Å². The molecule has 1 N–H and O–H groups in total. The molecule has 1 aromatic carbocycles. The van der Waals surface area contributed by atoms with Crippen LogP contribution in [0, 0.1) is 0 Å². The Morgan fingerprint density at radius 2 is 2.18 bits per heavy atom. The van der Waals surface area contributed by atoms with E-state index in [0.29, 0.717) is 35.4 Å². The standard InChI is InChI=1S/C16H17ClN2O3/c1-3-22-16-11(5-4-8-18-16)10-19-15(20)13-9-12(17)6-7-14(13)21-2/h4-9H,3,10H2,1-2H3,(H,19,20). The average Bonchev–Trinajstić information content (AvgIpc) is 2.54. The zero-order valence-corrected chi connectivity index (χ0v) is 13.2. The lowest BCUT2D eigenvalue weighted by molar-refractivity contribution is 0.0947. The fourth-order valence-electron chi connectivity index (χ4n) is 1.95. The zero-order valence-electron chi connectivity index (χ0n) is 12.4. The third-order valence-electron chi connectivity index (χ3n) is 2.98. The minimum atomic E-state index is -0.273. The van der Waals surface area contributed by atoms with Gasteiger partial charge in [0.2, 0.25) is 5.88 Å². The Bertz CT molecular complexity index is 662. The first-order valence-corrected chi connectivity index (χ1v) is 7.22. The van der Waals surface area contributed by atoms with Crippen molar-refractivity contribution < 1.29 is 14.3 Å². The summed E-state index contributed by atoms with van der Waals surface area (Å²) in [7, 11) is 1.51. The molecular formula is C16H17ClN2O3. The number of rotatable bonds is 6. The maximum atomic E-state index is 12.3. The largest absolute Gasteiger partial charge is 0.496 e. The number of nitrogens with one attached hydrogen (secondary N) is 1. The second-order valence-electron chi connectivity index (χ2n) is 4.43. The van der Waals surface area contributed by atoms with Crippen LogP contribution in [0.4, 0.5) is 0 Å². The maximum Gasteiger partial charge on any atom is 0.255 e. The summed E-state index contributed by atoms with van der Waals surface area (Å²) in [6.07, 6.45) is 1.65. The van der Waals surface area contributed by atoms with Gasteiger partial charge in [0.1, 0.15) is 5.75 Å². The molecule has 0 spiro atoms. The van der Waals surface area contributed by atoms with Crippen LogP contribution in [0.15, 0.2) is 36.5 Å². The number of methoxy groups -OCH3 is 1. The van der Waals surface area contributed by atoms with Gasteiger partial charge in [-0.25, -0.2) is 4.98 Å². The lowest BCUT2D eigenvalue weighted by Gasteiger charge is -2.11. The van der Waals surface area contributed by atoms with Crippen molar-refractivity contribution in [2.24, 2.45) is 0 Å². The Balaban J connectivity index is 2.12. The minimum Gasteiger partial charge on any atom is -0.496 e. The van der Waals surface area contributed by atoms with Crippen molar-refractivity contribution in [1.82, 2.24) is 10.3 Å². The van der Waals surface area contributed by atoms with Crippen LogP contribution in [0.5, 0.6) is 11.6 Å². The van der Waals surface area contributed by atoms with E-state index in [4.69, 9.17) is 21.1 Å². The van der Waals surface area contributed by atoms with Crippen LogP contribution < -0.4 is 14.8 Å². The summed E-state index contributed by atoms with van der Waals surface area (Å²) in [5, 5.41) is 3.29. The second kappa shape index (κ2) is 7.66. The van der Waals surface area contributed by atoms with Crippen LogP contribution >= 0.6 is 11.6 Å². The van der Waals surface area contributed by atoms with Crippen LogP contribution in [-0.2, 0) is 6.54 Å². The molecule has 1 aromatic heterocycles. The van der Waals surface area contributed by atoms with Gasteiger partial charge in [-0.3, -0.25) is 4.79 Å². The molecule has 116 valence electrons. The number of benzene rings is 1. The first kappa shape index (κ1) is 16.1. The van der Waals surface area contributed by atoms with Gasteiger partial charge in [-0.2, -0.15) is 0 Å². The maximum absolute atomic E-state index is 12.3. The predicted octanol–water partition coefficient (Wildman–Crippen LogP) is 3.07. The summed E-state index contributed by atoms with van der Waals surface area (Å²) < 4.78 is 10.6. The minimum absolute atomic E-state index is 0.273. The van der Waals surface area contributed by atoms with Crippen molar-refractivity contribution in [3.63, 3.8) is 0 Å². The molecule has 1 heterocycles. The summed E-state index contributed by atoms with van der Waals surface area (Å²) in [5.41, 5.74) is 1.19. The van der Waals surface area contributed by atoms with Gasteiger partial charge in [0, 0.05) is 23.3 Å². The van der Waals surface area contributed by atoms with E-state index < -0.39 is 0 Å². The van der Waals surface area contributed by atoms with E-state index in [-0.39, 0.29) is 5.91 Å². The number of carbonyl (C=O) groups excluding carboxylic acids is 1. The molecule has 5 nitrogen and oxygen atoms in total. The van der Waals surface area contributed by atoms with Crippen LogP contribution in [-0.4, -0.2) is 24.6 Å². The van der Waals surface area contributed by atoms with E-state index in [9.17, 15) is 4.79 Å². The Hall–Kier alpha value is -2.27. The highest BCUT2D eigenvalue weighted by molar-refractivity contribution is 6.31. The molecule has 0 aliphatic rings. The summed E-state index contributed by atoms with van der Waals surface area (Å²) in [6, 6.07) is 8.55. The number of pyridine rings is 1. The molecule has 0 unspecified atom stereocenters. The monoisotopic (exact) mass is 320 g/mol. The summed E-state index contributed by atoms with van der Waals surface area (Å²) >= 11 is 5.94. The van der Waals surface area contributed by atoms with Gasteiger partial charge in [0.25, 0.3) is 5.91 Å². The number of carbonyl (C=O) groups is 1. The summed E-state index contributed by atoms with van der Waals surface area (Å²) in [4.78, 5) is 16.5. The van der Waals surface area contributed by atoms with Gasteiger partial charge in [-0.05, 0) is 31.2 Å². The smallest absolute Gasteiger partial charge is 0.255 e. The normalized spacial score (nSPS) is 10.1. The van der Waals surface area contributed by atoms with E-state index in [1.165, 1.54) is 7.11 Å². The van der Waals surface area contributed by atoms with Gasteiger partial charge in [0.15, 0.2) is 0 Å². The molecule has 0 aliphatic carbocycles. The van der Waals surface area contributed by atoms with Crippen LogP contribution in [0.25, 0.3) is 0 Å². The summed E-state index contributed by atoms with van der Waals surface area (Å²) in [5.74, 6) is 0.715. The average molecular weight is 321 g/mol. The van der Waals surface area contributed by atoms with Crippen molar-refractivity contribution in [3.05, 3.63) is 52.7 Å². The van der Waals surface area contributed by atoms with Crippen LogP contribution in [0.3, 0.4) is 0 Å². The molecule has 0 saturated heterocycles. The van der Waals surface area contributed by atoms with Crippen LogP contribution in [0.2, 0.25) is 5.02 Å². The number of ether oxygens (including phenoxy) is 2. The quantitative estimate of drug-likeness (QED) is 0.888. The van der Waals surface area contributed by atoms with Gasteiger partial charge < -0.3 is 14.8 Å². The highest BCUT2D eigenvalue weighted by Gasteiger charge is 2.13. The summed E-state index contributed by atoms with van der Waals surface area (Å²) in [6.45, 7) is 2.70. The van der Waals surface area contributed by atoms with Gasteiger partial charge in [-0.1, -0.05) is 17.7 Å². The zero-order chi connectivity index (χ0) is 15.9. The number of hydrogen-bond acceptors (Lipinski definition) is 4. The van der Waals surface area contributed by atoms with Crippen molar-refractivity contribution >= 4 is 17.5 Å². The fraction of sp³-hybridized carbons (Fsp3) is 0.250. The number of hydrogen-bond donors (Lipinski definition) is 1. The SMILES string of the molecule is CCOc1ncccc1CNC(=O)c1cc(Cl)ccc1OC. The van der Waals surface area contributed by atoms with E-state index in [1.807, 2.05) is 13.0 Å². The number of aromatic nitrogens is 1. The van der Waals surface area contributed by atoms with Gasteiger partial charge in [-0.15, -0.1) is 0 Å². The first-order valence-electron chi connectivity index (χ1n) is 6.84. The van der Waals surface area contributed by atoms with Crippen LogP contribution in [0.1, 0.15) is 22.8 Å². The fourth-order valence-corrected chi connectivity index (χ4v) is 2.13. The van der Waals surface area contributed by atoms with Crippen molar-refractivity contribution in [3.8, 4) is 11.6 Å². The van der Waals surface area contributed by atoms with Gasteiger partial charge >= 0.3 is 0 Å². The topological polar surface area (TPSA) is 60.5 Å². The molecule has 2 aromatic rings. The highest BCUT2D eigenvalue weighted by Crippen LogP contribution is 2.23.